The predicted octanol–water partition coefficient (Wildman–Crippen LogP) is 3.98. The summed E-state index contributed by atoms with van der Waals surface area (Å²) in [7, 11) is 1.81. The van der Waals surface area contributed by atoms with Crippen molar-refractivity contribution >= 4 is 5.91 Å². The van der Waals surface area contributed by atoms with Crippen molar-refractivity contribution in [3.8, 4) is 0 Å². The summed E-state index contributed by atoms with van der Waals surface area (Å²) in [5.74, 6) is -0.505. The first-order valence-electron chi connectivity index (χ1n) is 7.27. The number of carbonyl (C=O) groups excluding carboxylic acids is 1. The van der Waals surface area contributed by atoms with Gasteiger partial charge < -0.3 is 4.90 Å². The maximum Gasteiger partial charge on any atom is 0.254 e. The van der Waals surface area contributed by atoms with Crippen LogP contribution in [0.15, 0.2) is 48.5 Å². The number of aryl methyl sites for hydroxylation is 1. The Bertz CT molecular complexity index is 668. The highest BCUT2D eigenvalue weighted by atomic mass is 19.1. The third-order valence-electron chi connectivity index (χ3n) is 4.20. The molecule has 0 unspecified atom stereocenters. The summed E-state index contributed by atoms with van der Waals surface area (Å²) in [6.45, 7) is 0. The molecule has 1 amide bonds. The molecule has 0 bridgehead atoms. The van der Waals surface area contributed by atoms with Gasteiger partial charge in [0.2, 0.25) is 0 Å². The molecule has 2 aromatic rings. The zero-order valence-electron chi connectivity index (χ0n) is 12.1. The quantitative estimate of drug-likeness (QED) is 0.816. The van der Waals surface area contributed by atoms with E-state index in [1.165, 1.54) is 23.3 Å². The summed E-state index contributed by atoms with van der Waals surface area (Å²) in [6.07, 6.45) is 3.09. The molecule has 0 saturated heterocycles. The molecule has 0 saturated carbocycles. The van der Waals surface area contributed by atoms with Crippen LogP contribution in [0.1, 0.15) is 40.4 Å². The van der Waals surface area contributed by atoms with E-state index in [9.17, 15) is 9.18 Å². The summed E-state index contributed by atoms with van der Waals surface area (Å²) in [5.41, 5.74) is 2.93. The van der Waals surface area contributed by atoms with E-state index in [0.717, 1.165) is 19.3 Å². The minimum absolute atomic E-state index is 0.0747. The lowest BCUT2D eigenvalue weighted by Crippen LogP contribution is -2.33. The first kappa shape index (κ1) is 13.8. The smallest absolute Gasteiger partial charge is 0.254 e. The van der Waals surface area contributed by atoms with Crippen LogP contribution in [0.4, 0.5) is 4.39 Å². The third-order valence-corrected chi connectivity index (χ3v) is 4.20. The van der Waals surface area contributed by atoms with Gasteiger partial charge in [0.05, 0.1) is 6.04 Å². The minimum atomic E-state index is -0.377. The van der Waals surface area contributed by atoms with E-state index in [2.05, 4.69) is 12.1 Å². The van der Waals surface area contributed by atoms with E-state index in [1.807, 2.05) is 12.1 Å². The molecule has 0 aromatic heterocycles. The molecule has 3 heteroatoms. The zero-order chi connectivity index (χ0) is 14.8. The third kappa shape index (κ3) is 2.68. The van der Waals surface area contributed by atoms with Crippen molar-refractivity contribution in [3.63, 3.8) is 0 Å². The van der Waals surface area contributed by atoms with Crippen molar-refractivity contribution in [2.45, 2.75) is 25.3 Å². The van der Waals surface area contributed by atoms with Crippen LogP contribution in [0, 0.1) is 5.82 Å². The highest BCUT2D eigenvalue weighted by Crippen LogP contribution is 2.34. The molecule has 1 aliphatic carbocycles. The Hall–Kier alpha value is -2.16. The van der Waals surface area contributed by atoms with Gasteiger partial charge in [0, 0.05) is 12.6 Å². The van der Waals surface area contributed by atoms with Gasteiger partial charge in [0.15, 0.2) is 0 Å². The molecular weight excluding hydrogens is 265 g/mol. The van der Waals surface area contributed by atoms with Gasteiger partial charge in [-0.2, -0.15) is 0 Å². The van der Waals surface area contributed by atoms with Gasteiger partial charge in [0.1, 0.15) is 5.82 Å². The Labute approximate surface area is 124 Å². The first-order chi connectivity index (χ1) is 10.2. The summed E-state index contributed by atoms with van der Waals surface area (Å²) in [5, 5.41) is 0. The van der Waals surface area contributed by atoms with Crippen LogP contribution >= 0.6 is 0 Å². The van der Waals surface area contributed by atoms with Crippen LogP contribution < -0.4 is 0 Å². The Balaban J connectivity index is 1.89. The average molecular weight is 283 g/mol. The zero-order valence-corrected chi connectivity index (χ0v) is 12.1. The van der Waals surface area contributed by atoms with E-state index in [-0.39, 0.29) is 17.8 Å². The summed E-state index contributed by atoms with van der Waals surface area (Å²) >= 11 is 0. The lowest BCUT2D eigenvalue weighted by atomic mass is 9.87. The number of amides is 1. The topological polar surface area (TPSA) is 20.3 Å². The highest BCUT2D eigenvalue weighted by molar-refractivity contribution is 5.94. The number of halogens is 1. The number of benzene rings is 2. The second-order valence-electron chi connectivity index (χ2n) is 5.53. The van der Waals surface area contributed by atoms with Crippen molar-refractivity contribution in [2.24, 2.45) is 0 Å². The fraction of sp³-hybridized carbons (Fsp3) is 0.278. The molecule has 108 valence electrons. The fourth-order valence-electron chi connectivity index (χ4n) is 3.10. The lowest BCUT2D eigenvalue weighted by molar-refractivity contribution is 0.0714. The van der Waals surface area contributed by atoms with Crippen LogP contribution in [0.25, 0.3) is 0 Å². The summed E-state index contributed by atoms with van der Waals surface area (Å²) in [4.78, 5) is 14.3. The lowest BCUT2D eigenvalue weighted by Gasteiger charge is -2.33. The number of hydrogen-bond donors (Lipinski definition) is 0. The molecule has 21 heavy (non-hydrogen) atoms. The molecule has 0 spiro atoms. The molecule has 3 rings (SSSR count). The van der Waals surface area contributed by atoms with Crippen molar-refractivity contribution in [1.29, 1.82) is 0 Å². The Morgan fingerprint density at radius 1 is 1.19 bits per heavy atom. The van der Waals surface area contributed by atoms with Gasteiger partial charge in [-0.1, -0.05) is 30.3 Å². The standard InChI is InChI=1S/C18H18FNO/c1-20(18(21)14-8-4-9-15(19)12-14)17-11-5-7-13-6-2-3-10-16(13)17/h2-4,6,8-10,12,17H,5,7,11H2,1H3/t17-/m1/s1. The normalized spacial score (nSPS) is 17.1. The number of fused-ring (bicyclic) bond motifs is 1. The van der Waals surface area contributed by atoms with E-state index < -0.39 is 0 Å². The van der Waals surface area contributed by atoms with Gasteiger partial charge in [-0.25, -0.2) is 4.39 Å². The van der Waals surface area contributed by atoms with Gasteiger partial charge >= 0.3 is 0 Å². The van der Waals surface area contributed by atoms with Crippen molar-refractivity contribution < 1.29 is 9.18 Å². The summed E-state index contributed by atoms with van der Waals surface area (Å²) < 4.78 is 13.3. The van der Waals surface area contributed by atoms with Gasteiger partial charge in [-0.15, -0.1) is 0 Å². The molecular formula is C18H18FNO. The molecule has 0 aliphatic heterocycles. The Morgan fingerprint density at radius 2 is 2.00 bits per heavy atom. The first-order valence-corrected chi connectivity index (χ1v) is 7.27. The molecule has 2 aromatic carbocycles. The van der Waals surface area contributed by atoms with E-state index >= 15 is 0 Å². The molecule has 0 radical (unpaired) electrons. The largest absolute Gasteiger partial charge is 0.335 e. The second kappa shape index (κ2) is 5.68. The average Bonchev–Trinajstić information content (AvgIpc) is 2.53. The monoisotopic (exact) mass is 283 g/mol. The maximum absolute atomic E-state index is 13.3. The van der Waals surface area contributed by atoms with E-state index in [4.69, 9.17) is 0 Å². The second-order valence-corrected chi connectivity index (χ2v) is 5.53. The van der Waals surface area contributed by atoms with Crippen molar-refractivity contribution in [3.05, 3.63) is 71.0 Å². The summed E-state index contributed by atoms with van der Waals surface area (Å²) in [6, 6.07) is 14.2. The Morgan fingerprint density at radius 3 is 2.81 bits per heavy atom. The predicted molar refractivity (Wildman–Crippen MR) is 80.6 cm³/mol. The number of nitrogens with zero attached hydrogens (tertiary/aromatic N) is 1. The molecule has 1 aliphatic rings. The van der Waals surface area contributed by atoms with Gasteiger partial charge in [-0.05, 0) is 48.6 Å². The van der Waals surface area contributed by atoms with Crippen LogP contribution in [-0.4, -0.2) is 17.9 Å². The van der Waals surface area contributed by atoms with E-state index in [1.54, 1.807) is 24.1 Å². The number of carbonyl (C=O) groups is 1. The molecule has 0 fully saturated rings. The van der Waals surface area contributed by atoms with Crippen LogP contribution in [0.3, 0.4) is 0 Å². The van der Waals surface area contributed by atoms with E-state index in [0.29, 0.717) is 5.56 Å². The van der Waals surface area contributed by atoms with Crippen LogP contribution in [0.5, 0.6) is 0 Å². The number of rotatable bonds is 2. The van der Waals surface area contributed by atoms with Gasteiger partial charge in [0.25, 0.3) is 5.91 Å². The Kier molecular flexibility index (Phi) is 3.74. The highest BCUT2D eigenvalue weighted by Gasteiger charge is 2.27. The molecule has 0 N–H and O–H groups in total. The minimum Gasteiger partial charge on any atom is -0.335 e. The van der Waals surface area contributed by atoms with Crippen LogP contribution in [0.2, 0.25) is 0 Å². The van der Waals surface area contributed by atoms with Crippen LogP contribution in [-0.2, 0) is 6.42 Å². The van der Waals surface area contributed by atoms with Crippen molar-refractivity contribution in [1.82, 2.24) is 4.90 Å². The molecule has 2 nitrogen and oxygen atoms in total. The van der Waals surface area contributed by atoms with Crippen molar-refractivity contribution in [2.75, 3.05) is 7.05 Å². The van der Waals surface area contributed by atoms with Gasteiger partial charge in [-0.3, -0.25) is 4.79 Å². The fourth-order valence-corrected chi connectivity index (χ4v) is 3.10. The molecule has 0 heterocycles. The molecule has 1 atom stereocenters. The maximum atomic E-state index is 13.3. The SMILES string of the molecule is CN(C(=O)c1cccc(F)c1)[C@@H]1CCCc2ccccc21. The number of hydrogen-bond acceptors (Lipinski definition) is 1.